The molecule has 0 saturated heterocycles. The third kappa shape index (κ3) is 2.30. The van der Waals surface area contributed by atoms with Crippen LogP contribution in [0.1, 0.15) is 11.1 Å². The number of nitrogens with zero attached hydrogens (tertiary/aromatic N) is 1. The molecule has 2 aromatic rings. The molecule has 104 valence electrons. The number of rotatable bonds is 4. The Labute approximate surface area is 119 Å². The number of aliphatic hydroxyl groups is 1. The molecule has 0 spiro atoms. The average Bonchev–Trinajstić information content (AvgIpc) is 2.91. The average molecular weight is 268 g/mol. The number of aliphatic hydroxyl groups excluding tert-OH is 1. The zero-order valence-corrected chi connectivity index (χ0v) is 11.5. The Morgan fingerprint density at radius 3 is 2.50 bits per heavy atom. The van der Waals surface area contributed by atoms with Gasteiger partial charge in [0.25, 0.3) is 0 Å². The largest absolute Gasteiger partial charge is 0.394 e. The molecule has 1 unspecified atom stereocenters. The van der Waals surface area contributed by atoms with E-state index in [0.717, 1.165) is 18.5 Å². The van der Waals surface area contributed by atoms with Crippen molar-refractivity contribution in [1.82, 2.24) is 0 Å². The van der Waals surface area contributed by atoms with Crippen molar-refractivity contribution in [3.05, 3.63) is 65.7 Å². The maximum Gasteiger partial charge on any atom is 0.0821 e. The first-order valence-electron chi connectivity index (χ1n) is 7.01. The van der Waals surface area contributed by atoms with Crippen LogP contribution in [0.15, 0.2) is 54.6 Å². The quantitative estimate of drug-likeness (QED) is 0.890. The molecule has 1 atom stereocenters. The molecule has 2 aromatic carbocycles. The SMILES string of the molecule is NC(CO)(CN1CCc2ccccc21)c1ccccc1. The molecule has 0 radical (unpaired) electrons. The summed E-state index contributed by atoms with van der Waals surface area (Å²) in [6, 6.07) is 18.3. The number of fused-ring (bicyclic) bond motifs is 1. The van der Waals surface area contributed by atoms with Crippen molar-refractivity contribution in [2.45, 2.75) is 12.0 Å². The van der Waals surface area contributed by atoms with Gasteiger partial charge in [0.05, 0.1) is 12.1 Å². The van der Waals surface area contributed by atoms with E-state index in [4.69, 9.17) is 5.73 Å². The second kappa shape index (κ2) is 5.27. The van der Waals surface area contributed by atoms with Gasteiger partial charge < -0.3 is 15.7 Å². The summed E-state index contributed by atoms with van der Waals surface area (Å²) in [5, 5.41) is 9.80. The summed E-state index contributed by atoms with van der Waals surface area (Å²) in [7, 11) is 0. The van der Waals surface area contributed by atoms with Gasteiger partial charge in [-0.05, 0) is 23.6 Å². The zero-order chi connectivity index (χ0) is 14.0. The number of benzene rings is 2. The van der Waals surface area contributed by atoms with Crippen LogP contribution >= 0.6 is 0 Å². The second-order valence-electron chi connectivity index (χ2n) is 5.48. The monoisotopic (exact) mass is 268 g/mol. The standard InChI is InChI=1S/C17H20N2O/c18-17(13-20,15-7-2-1-3-8-15)12-19-11-10-14-6-4-5-9-16(14)19/h1-9,20H,10-13,18H2. The minimum absolute atomic E-state index is 0.0598. The Hall–Kier alpha value is -1.84. The van der Waals surface area contributed by atoms with Gasteiger partial charge in [-0.1, -0.05) is 48.5 Å². The molecule has 1 aliphatic rings. The molecular formula is C17H20N2O. The van der Waals surface area contributed by atoms with Crippen LogP contribution in [-0.4, -0.2) is 24.8 Å². The van der Waals surface area contributed by atoms with Gasteiger partial charge in [-0.2, -0.15) is 0 Å². The van der Waals surface area contributed by atoms with E-state index < -0.39 is 5.54 Å². The lowest BCUT2D eigenvalue weighted by Crippen LogP contribution is -2.50. The van der Waals surface area contributed by atoms with Gasteiger partial charge in [0.2, 0.25) is 0 Å². The first-order valence-corrected chi connectivity index (χ1v) is 7.01. The molecule has 1 aliphatic heterocycles. The molecule has 0 saturated carbocycles. The molecule has 0 aliphatic carbocycles. The first-order chi connectivity index (χ1) is 9.73. The number of hydrogen-bond donors (Lipinski definition) is 2. The second-order valence-corrected chi connectivity index (χ2v) is 5.48. The van der Waals surface area contributed by atoms with Crippen molar-refractivity contribution >= 4 is 5.69 Å². The van der Waals surface area contributed by atoms with Gasteiger partial charge in [-0.25, -0.2) is 0 Å². The Bertz CT molecular complexity index is 585. The maximum atomic E-state index is 9.80. The summed E-state index contributed by atoms with van der Waals surface area (Å²) in [6.07, 6.45) is 1.05. The van der Waals surface area contributed by atoms with E-state index in [9.17, 15) is 5.11 Å². The summed E-state index contributed by atoms with van der Waals surface area (Å²) in [6.45, 7) is 1.53. The summed E-state index contributed by atoms with van der Waals surface area (Å²) in [5.41, 5.74) is 9.32. The Kier molecular flexibility index (Phi) is 3.47. The van der Waals surface area contributed by atoms with Crippen LogP contribution in [0.2, 0.25) is 0 Å². The number of anilines is 1. The summed E-state index contributed by atoms with van der Waals surface area (Å²) >= 11 is 0. The molecule has 3 rings (SSSR count). The molecule has 20 heavy (non-hydrogen) atoms. The van der Waals surface area contributed by atoms with Crippen LogP contribution in [0.3, 0.4) is 0 Å². The molecule has 0 bridgehead atoms. The number of nitrogens with two attached hydrogens (primary N) is 1. The highest BCUT2D eigenvalue weighted by Gasteiger charge is 2.31. The Balaban J connectivity index is 1.87. The van der Waals surface area contributed by atoms with Crippen LogP contribution in [0.25, 0.3) is 0 Å². The van der Waals surface area contributed by atoms with E-state index in [2.05, 4.69) is 29.2 Å². The van der Waals surface area contributed by atoms with Gasteiger partial charge >= 0.3 is 0 Å². The minimum atomic E-state index is -0.724. The Morgan fingerprint density at radius 2 is 1.75 bits per heavy atom. The highest BCUT2D eigenvalue weighted by Crippen LogP contribution is 2.30. The van der Waals surface area contributed by atoms with E-state index in [0.29, 0.717) is 6.54 Å². The molecule has 1 heterocycles. The normalized spacial score (nSPS) is 16.8. The molecule has 0 amide bonds. The molecular weight excluding hydrogens is 248 g/mol. The van der Waals surface area contributed by atoms with Crippen molar-refractivity contribution in [2.75, 3.05) is 24.6 Å². The van der Waals surface area contributed by atoms with Crippen molar-refractivity contribution < 1.29 is 5.11 Å². The lowest BCUT2D eigenvalue weighted by Gasteiger charge is -2.33. The predicted octanol–water partition coefficient (Wildman–Crippen LogP) is 1.90. The van der Waals surface area contributed by atoms with Crippen molar-refractivity contribution in [3.63, 3.8) is 0 Å². The molecule has 3 heteroatoms. The minimum Gasteiger partial charge on any atom is -0.394 e. The van der Waals surface area contributed by atoms with E-state index in [1.165, 1.54) is 11.3 Å². The lowest BCUT2D eigenvalue weighted by molar-refractivity contribution is 0.199. The van der Waals surface area contributed by atoms with Crippen molar-refractivity contribution in [1.29, 1.82) is 0 Å². The summed E-state index contributed by atoms with van der Waals surface area (Å²) in [4.78, 5) is 2.28. The topological polar surface area (TPSA) is 49.5 Å². The first kappa shape index (κ1) is 13.2. The summed E-state index contributed by atoms with van der Waals surface area (Å²) in [5.74, 6) is 0. The summed E-state index contributed by atoms with van der Waals surface area (Å²) < 4.78 is 0. The smallest absolute Gasteiger partial charge is 0.0821 e. The van der Waals surface area contributed by atoms with Crippen LogP contribution < -0.4 is 10.6 Å². The predicted molar refractivity (Wildman–Crippen MR) is 81.8 cm³/mol. The third-order valence-electron chi connectivity index (χ3n) is 4.09. The molecule has 0 fully saturated rings. The van der Waals surface area contributed by atoms with Gasteiger partial charge in [0.15, 0.2) is 0 Å². The Morgan fingerprint density at radius 1 is 1.05 bits per heavy atom. The third-order valence-corrected chi connectivity index (χ3v) is 4.09. The highest BCUT2D eigenvalue weighted by atomic mass is 16.3. The number of hydrogen-bond acceptors (Lipinski definition) is 3. The molecule has 0 aromatic heterocycles. The van der Waals surface area contributed by atoms with Gasteiger partial charge in [0.1, 0.15) is 0 Å². The fourth-order valence-corrected chi connectivity index (χ4v) is 2.91. The van der Waals surface area contributed by atoms with Gasteiger partial charge in [0, 0.05) is 18.8 Å². The van der Waals surface area contributed by atoms with Crippen LogP contribution in [-0.2, 0) is 12.0 Å². The zero-order valence-electron chi connectivity index (χ0n) is 11.5. The van der Waals surface area contributed by atoms with Crippen LogP contribution in [0, 0.1) is 0 Å². The number of para-hydroxylation sites is 1. The van der Waals surface area contributed by atoms with Gasteiger partial charge in [-0.3, -0.25) is 0 Å². The maximum absolute atomic E-state index is 9.80. The van der Waals surface area contributed by atoms with E-state index in [1.807, 2.05) is 30.3 Å². The van der Waals surface area contributed by atoms with Crippen LogP contribution in [0.4, 0.5) is 5.69 Å². The van der Waals surface area contributed by atoms with Crippen molar-refractivity contribution in [3.8, 4) is 0 Å². The van der Waals surface area contributed by atoms with Gasteiger partial charge in [-0.15, -0.1) is 0 Å². The van der Waals surface area contributed by atoms with E-state index >= 15 is 0 Å². The lowest BCUT2D eigenvalue weighted by atomic mass is 9.91. The molecule has 3 nitrogen and oxygen atoms in total. The molecule has 3 N–H and O–H groups in total. The fourth-order valence-electron chi connectivity index (χ4n) is 2.91. The highest BCUT2D eigenvalue weighted by molar-refractivity contribution is 5.58. The van der Waals surface area contributed by atoms with E-state index in [1.54, 1.807) is 0 Å². The van der Waals surface area contributed by atoms with Crippen molar-refractivity contribution in [2.24, 2.45) is 5.73 Å². The van der Waals surface area contributed by atoms with Crippen LogP contribution in [0.5, 0.6) is 0 Å². The fraction of sp³-hybridized carbons (Fsp3) is 0.294. The van der Waals surface area contributed by atoms with E-state index in [-0.39, 0.29) is 6.61 Å².